The van der Waals surface area contributed by atoms with Gasteiger partial charge in [-0.3, -0.25) is 9.59 Å². The van der Waals surface area contributed by atoms with E-state index >= 15 is 0 Å². The van der Waals surface area contributed by atoms with E-state index in [0.717, 1.165) is 25.7 Å². The largest absolute Gasteiger partial charge is 0.497 e. The number of methoxy groups -OCH3 is 1. The van der Waals surface area contributed by atoms with Crippen LogP contribution in [0.2, 0.25) is 0 Å². The molecule has 1 saturated carbocycles. The van der Waals surface area contributed by atoms with Gasteiger partial charge in [-0.1, -0.05) is 39.5 Å². The number of carbonyl (C=O) groups excluding carboxylic acids is 2. The molecule has 0 spiro atoms. The summed E-state index contributed by atoms with van der Waals surface area (Å²) < 4.78 is 5.11. The van der Waals surface area contributed by atoms with Gasteiger partial charge in [-0.2, -0.15) is 0 Å². The van der Waals surface area contributed by atoms with Gasteiger partial charge in [0, 0.05) is 11.6 Å². The summed E-state index contributed by atoms with van der Waals surface area (Å²) in [7, 11) is 1.59. The predicted octanol–water partition coefficient (Wildman–Crippen LogP) is 3.29. The molecule has 0 radical (unpaired) electrons. The standard InChI is InChI=1S/C20H30N2O3/c1-14(2)18(20(24)21-16-8-6-4-5-7-9-16)22-19(23)15-10-12-17(25-3)13-11-15/h10-14,16,18H,4-9H2,1-3H3,(H,21,24)(H,22,23)/t18-/m1/s1. The molecule has 1 fully saturated rings. The van der Waals surface area contributed by atoms with Crippen LogP contribution in [0.25, 0.3) is 0 Å². The predicted molar refractivity (Wildman–Crippen MR) is 98.7 cm³/mol. The van der Waals surface area contributed by atoms with Crippen molar-refractivity contribution in [2.24, 2.45) is 5.92 Å². The lowest BCUT2D eigenvalue weighted by Crippen LogP contribution is -2.52. The lowest BCUT2D eigenvalue weighted by molar-refractivity contribution is -0.124. The summed E-state index contributed by atoms with van der Waals surface area (Å²) in [6.07, 6.45) is 6.87. The Kier molecular flexibility index (Phi) is 7.29. The van der Waals surface area contributed by atoms with Gasteiger partial charge in [0.2, 0.25) is 5.91 Å². The summed E-state index contributed by atoms with van der Waals surface area (Å²) in [5.74, 6) is 0.400. The molecule has 0 saturated heterocycles. The minimum absolute atomic E-state index is 0.0213. The van der Waals surface area contributed by atoms with E-state index in [1.54, 1.807) is 31.4 Å². The number of hydrogen-bond acceptors (Lipinski definition) is 3. The average Bonchev–Trinajstić information content (AvgIpc) is 2.87. The first-order chi connectivity index (χ1) is 12.0. The van der Waals surface area contributed by atoms with Crippen LogP contribution in [-0.2, 0) is 4.79 Å². The van der Waals surface area contributed by atoms with Crippen molar-refractivity contribution in [3.8, 4) is 5.75 Å². The molecule has 0 aliphatic heterocycles. The van der Waals surface area contributed by atoms with Gasteiger partial charge in [0.05, 0.1) is 7.11 Å². The molecule has 2 N–H and O–H groups in total. The number of rotatable bonds is 6. The normalized spacial score (nSPS) is 16.8. The summed E-state index contributed by atoms with van der Waals surface area (Å²) in [5, 5.41) is 6.03. The van der Waals surface area contributed by atoms with Crippen molar-refractivity contribution in [3.63, 3.8) is 0 Å². The molecule has 2 amide bonds. The maximum absolute atomic E-state index is 12.7. The summed E-state index contributed by atoms with van der Waals surface area (Å²) in [5.41, 5.74) is 0.522. The van der Waals surface area contributed by atoms with Gasteiger partial charge in [0.1, 0.15) is 11.8 Å². The molecule has 1 atom stereocenters. The van der Waals surface area contributed by atoms with Gasteiger partial charge in [-0.05, 0) is 43.0 Å². The second-order valence-electron chi connectivity index (χ2n) is 7.12. The van der Waals surface area contributed by atoms with Gasteiger partial charge < -0.3 is 15.4 Å². The van der Waals surface area contributed by atoms with Gasteiger partial charge in [-0.25, -0.2) is 0 Å². The third-order valence-electron chi connectivity index (χ3n) is 4.79. The Morgan fingerprint density at radius 2 is 1.64 bits per heavy atom. The third kappa shape index (κ3) is 5.76. The zero-order chi connectivity index (χ0) is 18.2. The van der Waals surface area contributed by atoms with E-state index in [1.165, 1.54) is 12.8 Å². The molecule has 0 bridgehead atoms. The van der Waals surface area contributed by atoms with Crippen LogP contribution in [0.15, 0.2) is 24.3 Å². The highest BCUT2D eigenvalue weighted by atomic mass is 16.5. The molecule has 1 aromatic rings. The topological polar surface area (TPSA) is 67.4 Å². The second kappa shape index (κ2) is 9.44. The van der Waals surface area contributed by atoms with E-state index in [-0.39, 0.29) is 23.8 Å². The zero-order valence-corrected chi connectivity index (χ0v) is 15.5. The Balaban J connectivity index is 1.98. The number of benzene rings is 1. The molecule has 2 rings (SSSR count). The van der Waals surface area contributed by atoms with Crippen molar-refractivity contribution in [2.45, 2.75) is 64.5 Å². The van der Waals surface area contributed by atoms with Crippen molar-refractivity contribution in [3.05, 3.63) is 29.8 Å². The Bertz CT molecular complexity index is 561. The monoisotopic (exact) mass is 346 g/mol. The molecule has 0 unspecified atom stereocenters. The summed E-state index contributed by atoms with van der Waals surface area (Å²) in [6, 6.07) is 6.59. The maximum Gasteiger partial charge on any atom is 0.251 e. The fourth-order valence-electron chi connectivity index (χ4n) is 3.22. The first kappa shape index (κ1) is 19.3. The Hall–Kier alpha value is -2.04. The first-order valence-corrected chi connectivity index (χ1v) is 9.26. The van der Waals surface area contributed by atoms with Crippen molar-refractivity contribution in [1.29, 1.82) is 0 Å². The van der Waals surface area contributed by atoms with Crippen molar-refractivity contribution >= 4 is 11.8 Å². The summed E-state index contributed by atoms with van der Waals surface area (Å²) >= 11 is 0. The molecule has 0 heterocycles. The average molecular weight is 346 g/mol. The minimum atomic E-state index is -0.530. The molecule has 1 aliphatic carbocycles. The first-order valence-electron chi connectivity index (χ1n) is 9.26. The van der Waals surface area contributed by atoms with Crippen LogP contribution < -0.4 is 15.4 Å². The van der Waals surface area contributed by atoms with Crippen molar-refractivity contribution in [1.82, 2.24) is 10.6 Å². The molecule has 138 valence electrons. The number of ether oxygens (including phenoxy) is 1. The molecule has 5 heteroatoms. The number of hydrogen-bond donors (Lipinski definition) is 2. The smallest absolute Gasteiger partial charge is 0.251 e. The lowest BCUT2D eigenvalue weighted by atomic mass is 10.0. The molecular weight excluding hydrogens is 316 g/mol. The fraction of sp³-hybridized carbons (Fsp3) is 0.600. The van der Waals surface area contributed by atoms with Gasteiger partial charge in [0.15, 0.2) is 0 Å². The van der Waals surface area contributed by atoms with E-state index in [0.29, 0.717) is 11.3 Å². The molecule has 25 heavy (non-hydrogen) atoms. The molecule has 1 aliphatic rings. The maximum atomic E-state index is 12.7. The highest BCUT2D eigenvalue weighted by molar-refractivity contribution is 5.97. The summed E-state index contributed by atoms with van der Waals surface area (Å²) in [4.78, 5) is 25.2. The van der Waals surface area contributed by atoms with E-state index in [2.05, 4.69) is 10.6 Å². The Morgan fingerprint density at radius 3 is 2.16 bits per heavy atom. The van der Waals surface area contributed by atoms with Crippen LogP contribution in [-0.4, -0.2) is 31.0 Å². The molecule has 5 nitrogen and oxygen atoms in total. The molecular formula is C20H30N2O3. The minimum Gasteiger partial charge on any atom is -0.497 e. The highest BCUT2D eigenvalue weighted by Crippen LogP contribution is 2.18. The lowest BCUT2D eigenvalue weighted by Gasteiger charge is -2.25. The Morgan fingerprint density at radius 1 is 1.04 bits per heavy atom. The number of amides is 2. The van der Waals surface area contributed by atoms with Gasteiger partial charge in [0.25, 0.3) is 5.91 Å². The quantitative estimate of drug-likeness (QED) is 0.777. The summed E-state index contributed by atoms with van der Waals surface area (Å²) in [6.45, 7) is 3.90. The SMILES string of the molecule is COc1ccc(C(=O)N[C@@H](C(=O)NC2CCCCCC2)C(C)C)cc1. The third-order valence-corrected chi connectivity index (χ3v) is 4.79. The molecule has 1 aromatic carbocycles. The van der Waals surface area contributed by atoms with Crippen molar-refractivity contribution < 1.29 is 14.3 Å². The van der Waals surface area contributed by atoms with Crippen LogP contribution in [0.4, 0.5) is 0 Å². The number of carbonyl (C=O) groups is 2. The van der Waals surface area contributed by atoms with E-state index in [1.807, 2.05) is 13.8 Å². The van der Waals surface area contributed by atoms with Crippen molar-refractivity contribution in [2.75, 3.05) is 7.11 Å². The van der Waals surface area contributed by atoms with E-state index < -0.39 is 6.04 Å². The van der Waals surface area contributed by atoms with Gasteiger partial charge in [-0.15, -0.1) is 0 Å². The van der Waals surface area contributed by atoms with Crippen LogP contribution in [0, 0.1) is 5.92 Å². The van der Waals surface area contributed by atoms with Crippen LogP contribution >= 0.6 is 0 Å². The van der Waals surface area contributed by atoms with Crippen LogP contribution in [0.5, 0.6) is 5.75 Å². The second-order valence-corrected chi connectivity index (χ2v) is 7.12. The molecule has 0 aromatic heterocycles. The van der Waals surface area contributed by atoms with E-state index in [9.17, 15) is 9.59 Å². The fourth-order valence-corrected chi connectivity index (χ4v) is 3.22. The van der Waals surface area contributed by atoms with Gasteiger partial charge >= 0.3 is 0 Å². The number of nitrogens with one attached hydrogen (secondary N) is 2. The zero-order valence-electron chi connectivity index (χ0n) is 15.5. The highest BCUT2D eigenvalue weighted by Gasteiger charge is 2.26. The van der Waals surface area contributed by atoms with Crippen LogP contribution in [0.3, 0.4) is 0 Å². The Labute approximate surface area is 150 Å². The van der Waals surface area contributed by atoms with E-state index in [4.69, 9.17) is 4.74 Å². The van der Waals surface area contributed by atoms with Crippen LogP contribution in [0.1, 0.15) is 62.7 Å².